The molecule has 8 heteroatoms. The summed E-state index contributed by atoms with van der Waals surface area (Å²) < 4.78 is 44.4. The predicted molar refractivity (Wildman–Crippen MR) is 136 cm³/mol. The van der Waals surface area contributed by atoms with Crippen molar-refractivity contribution in [3.05, 3.63) is 103 Å². The molecule has 5 nitrogen and oxygen atoms in total. The van der Waals surface area contributed by atoms with Crippen molar-refractivity contribution in [3.8, 4) is 5.75 Å². The molecule has 0 atom stereocenters. The maximum Gasteiger partial charge on any atom is 0.416 e. The number of nitrogens with one attached hydrogen (secondary N) is 1. The molecule has 0 saturated heterocycles. The fourth-order valence-electron chi connectivity index (χ4n) is 4.02. The average molecular weight is 489 g/mol. The van der Waals surface area contributed by atoms with Crippen molar-refractivity contribution in [2.24, 2.45) is 0 Å². The zero-order valence-corrected chi connectivity index (χ0v) is 19.2. The molecule has 182 valence electrons. The molecule has 0 bridgehead atoms. The highest BCUT2D eigenvalue weighted by Gasteiger charge is 2.30. The minimum atomic E-state index is -4.38. The standard InChI is InChI=1S/C28H23F3N4O/c29-28(30,31)20-12-14-21(15-13-20)36-19-35(26-11-5-6-16-32-26)18-17-33-27-22-7-1-3-9-24(22)34-25-10-4-2-8-23(25)27/h1-16H,17-19H2,(H,33,34). The Morgan fingerprint density at radius 2 is 1.42 bits per heavy atom. The number of rotatable bonds is 8. The number of anilines is 2. The van der Waals surface area contributed by atoms with Crippen LogP contribution in [0, 0.1) is 0 Å². The van der Waals surface area contributed by atoms with E-state index in [1.807, 2.05) is 71.6 Å². The molecule has 0 radical (unpaired) electrons. The number of pyridine rings is 2. The van der Waals surface area contributed by atoms with Crippen molar-refractivity contribution in [2.75, 3.05) is 30.0 Å². The molecular weight excluding hydrogens is 465 g/mol. The fourth-order valence-corrected chi connectivity index (χ4v) is 4.02. The molecule has 0 amide bonds. The van der Waals surface area contributed by atoms with Gasteiger partial charge in [0, 0.05) is 30.1 Å². The first kappa shape index (κ1) is 23.4. The minimum absolute atomic E-state index is 0.127. The van der Waals surface area contributed by atoms with E-state index in [-0.39, 0.29) is 6.73 Å². The van der Waals surface area contributed by atoms with Crippen LogP contribution in [0.1, 0.15) is 5.56 Å². The van der Waals surface area contributed by atoms with E-state index in [0.717, 1.165) is 39.6 Å². The summed E-state index contributed by atoms with van der Waals surface area (Å²) in [5, 5.41) is 5.62. The van der Waals surface area contributed by atoms with Gasteiger partial charge in [0.05, 0.1) is 22.3 Å². The molecule has 2 aromatic heterocycles. The van der Waals surface area contributed by atoms with Gasteiger partial charge in [0.15, 0.2) is 6.73 Å². The van der Waals surface area contributed by atoms with Gasteiger partial charge in [0.1, 0.15) is 11.6 Å². The molecule has 0 aliphatic heterocycles. The highest BCUT2D eigenvalue weighted by Crippen LogP contribution is 2.31. The Hall–Kier alpha value is -4.33. The summed E-state index contributed by atoms with van der Waals surface area (Å²) in [5.74, 6) is 1.05. The Labute approximate surface area is 206 Å². The minimum Gasteiger partial charge on any atom is -0.473 e. The van der Waals surface area contributed by atoms with E-state index in [9.17, 15) is 13.2 Å². The molecule has 0 unspecified atom stereocenters. The van der Waals surface area contributed by atoms with Gasteiger partial charge in [-0.05, 0) is 48.5 Å². The van der Waals surface area contributed by atoms with Gasteiger partial charge in [-0.25, -0.2) is 9.97 Å². The van der Waals surface area contributed by atoms with Crippen molar-refractivity contribution in [2.45, 2.75) is 6.18 Å². The number of hydrogen-bond acceptors (Lipinski definition) is 5. The monoisotopic (exact) mass is 488 g/mol. The summed E-state index contributed by atoms with van der Waals surface area (Å²) in [6.45, 7) is 1.25. The molecule has 0 aliphatic rings. The second-order valence-electron chi connectivity index (χ2n) is 8.19. The summed E-state index contributed by atoms with van der Waals surface area (Å²) in [6.07, 6.45) is -2.69. The van der Waals surface area contributed by atoms with Crippen molar-refractivity contribution < 1.29 is 17.9 Å². The average Bonchev–Trinajstić information content (AvgIpc) is 2.90. The largest absolute Gasteiger partial charge is 0.473 e. The molecule has 2 heterocycles. The number of nitrogens with zero attached hydrogens (tertiary/aromatic N) is 3. The maximum absolute atomic E-state index is 12.9. The summed E-state index contributed by atoms with van der Waals surface area (Å²) in [7, 11) is 0. The summed E-state index contributed by atoms with van der Waals surface area (Å²) in [4.78, 5) is 11.1. The smallest absolute Gasteiger partial charge is 0.416 e. The third kappa shape index (κ3) is 5.17. The first-order chi connectivity index (χ1) is 17.5. The third-order valence-electron chi connectivity index (χ3n) is 5.81. The van der Waals surface area contributed by atoms with Crippen LogP contribution >= 0.6 is 0 Å². The van der Waals surface area contributed by atoms with E-state index < -0.39 is 11.7 Å². The Morgan fingerprint density at radius 3 is 2.03 bits per heavy atom. The van der Waals surface area contributed by atoms with E-state index >= 15 is 0 Å². The Balaban J connectivity index is 1.33. The van der Waals surface area contributed by atoms with Gasteiger partial charge in [-0.2, -0.15) is 13.2 Å². The number of halogens is 3. The quantitative estimate of drug-likeness (QED) is 0.193. The summed E-state index contributed by atoms with van der Waals surface area (Å²) in [5.41, 5.74) is 2.11. The molecule has 3 aromatic carbocycles. The van der Waals surface area contributed by atoms with E-state index in [1.54, 1.807) is 6.20 Å². The van der Waals surface area contributed by atoms with Gasteiger partial charge in [0.25, 0.3) is 0 Å². The molecule has 0 saturated carbocycles. The van der Waals surface area contributed by atoms with Crippen molar-refractivity contribution in [1.82, 2.24) is 9.97 Å². The van der Waals surface area contributed by atoms with Crippen LogP contribution in [0.25, 0.3) is 21.8 Å². The first-order valence-corrected chi connectivity index (χ1v) is 11.5. The van der Waals surface area contributed by atoms with Gasteiger partial charge in [0.2, 0.25) is 0 Å². The fraction of sp³-hybridized carbons (Fsp3) is 0.143. The lowest BCUT2D eigenvalue weighted by atomic mass is 10.1. The molecule has 1 N–H and O–H groups in total. The molecule has 5 aromatic rings. The lowest BCUT2D eigenvalue weighted by Gasteiger charge is -2.24. The zero-order valence-electron chi connectivity index (χ0n) is 19.2. The predicted octanol–water partition coefficient (Wildman–Crippen LogP) is 6.76. The second kappa shape index (κ2) is 10.1. The molecule has 36 heavy (non-hydrogen) atoms. The van der Waals surface area contributed by atoms with E-state index in [4.69, 9.17) is 9.72 Å². The van der Waals surface area contributed by atoms with Gasteiger partial charge < -0.3 is 15.0 Å². The third-order valence-corrected chi connectivity index (χ3v) is 5.81. The lowest BCUT2D eigenvalue weighted by Crippen LogP contribution is -2.33. The number of aromatic nitrogens is 2. The van der Waals surface area contributed by atoms with E-state index in [0.29, 0.717) is 24.7 Å². The molecule has 5 rings (SSSR count). The van der Waals surface area contributed by atoms with Crippen molar-refractivity contribution in [3.63, 3.8) is 0 Å². The summed E-state index contributed by atoms with van der Waals surface area (Å²) in [6, 6.07) is 26.2. The summed E-state index contributed by atoms with van der Waals surface area (Å²) >= 11 is 0. The Kier molecular flexibility index (Phi) is 6.58. The van der Waals surface area contributed by atoms with Crippen LogP contribution in [0.3, 0.4) is 0 Å². The van der Waals surface area contributed by atoms with Gasteiger partial charge >= 0.3 is 6.18 Å². The van der Waals surface area contributed by atoms with Crippen LogP contribution in [0.4, 0.5) is 24.7 Å². The van der Waals surface area contributed by atoms with Crippen LogP contribution in [0.5, 0.6) is 5.75 Å². The zero-order chi connectivity index (χ0) is 25.0. The normalized spacial score (nSPS) is 11.5. The number of para-hydroxylation sites is 2. The number of hydrogen-bond donors (Lipinski definition) is 1. The molecule has 0 aliphatic carbocycles. The highest BCUT2D eigenvalue weighted by atomic mass is 19.4. The Bertz CT molecular complexity index is 1400. The number of ether oxygens (including phenoxy) is 1. The van der Waals surface area contributed by atoms with Gasteiger partial charge in [-0.3, -0.25) is 0 Å². The van der Waals surface area contributed by atoms with E-state index in [1.165, 1.54) is 12.1 Å². The molecule has 0 fully saturated rings. The van der Waals surface area contributed by atoms with E-state index in [2.05, 4.69) is 10.3 Å². The molecular formula is C28H23F3N4O. The maximum atomic E-state index is 12.9. The van der Waals surface area contributed by atoms with Crippen LogP contribution < -0.4 is 15.0 Å². The van der Waals surface area contributed by atoms with Crippen molar-refractivity contribution >= 4 is 33.3 Å². The van der Waals surface area contributed by atoms with Crippen LogP contribution in [-0.2, 0) is 6.18 Å². The first-order valence-electron chi connectivity index (χ1n) is 11.5. The number of benzene rings is 3. The highest BCUT2D eigenvalue weighted by molar-refractivity contribution is 6.07. The Morgan fingerprint density at radius 1 is 0.778 bits per heavy atom. The van der Waals surface area contributed by atoms with Gasteiger partial charge in [-0.1, -0.05) is 42.5 Å². The number of alkyl halides is 3. The SMILES string of the molecule is FC(F)(F)c1ccc(OCN(CCNc2c3ccccc3nc3ccccc23)c2ccccn2)cc1. The van der Waals surface area contributed by atoms with Crippen LogP contribution in [-0.4, -0.2) is 29.8 Å². The van der Waals surface area contributed by atoms with Crippen molar-refractivity contribution in [1.29, 1.82) is 0 Å². The van der Waals surface area contributed by atoms with Crippen LogP contribution in [0.15, 0.2) is 97.2 Å². The lowest BCUT2D eigenvalue weighted by molar-refractivity contribution is -0.137. The topological polar surface area (TPSA) is 50.3 Å². The number of fused-ring (bicyclic) bond motifs is 2. The second-order valence-corrected chi connectivity index (χ2v) is 8.19. The van der Waals surface area contributed by atoms with Crippen LogP contribution in [0.2, 0.25) is 0 Å². The van der Waals surface area contributed by atoms with Gasteiger partial charge in [-0.15, -0.1) is 0 Å². The molecule has 0 spiro atoms.